The molecule has 2 aliphatic rings. The number of piperidine rings is 1. The number of carbonyl (C=O) groups excluding carboxylic acids is 1. The summed E-state index contributed by atoms with van der Waals surface area (Å²) in [7, 11) is 0. The van der Waals surface area contributed by atoms with Crippen molar-refractivity contribution in [3.63, 3.8) is 0 Å². The van der Waals surface area contributed by atoms with Crippen molar-refractivity contribution in [1.29, 1.82) is 0 Å². The molecule has 2 atom stereocenters. The van der Waals surface area contributed by atoms with Crippen LogP contribution in [0, 0.1) is 17.8 Å². The van der Waals surface area contributed by atoms with Gasteiger partial charge in [0.15, 0.2) is 0 Å². The fourth-order valence-corrected chi connectivity index (χ4v) is 3.82. The van der Waals surface area contributed by atoms with Gasteiger partial charge in [0.25, 0.3) is 0 Å². The van der Waals surface area contributed by atoms with Crippen LogP contribution >= 0.6 is 0 Å². The largest absolute Gasteiger partial charge is 0.356 e. The summed E-state index contributed by atoms with van der Waals surface area (Å²) in [6, 6.07) is 10.4. The highest BCUT2D eigenvalue weighted by Gasteiger charge is 2.43. The number of hydrogen-bond donors (Lipinski definition) is 1. The van der Waals surface area contributed by atoms with E-state index < -0.39 is 0 Å². The molecule has 3 rings (SSSR count). The first-order valence-corrected chi connectivity index (χ1v) is 9.18. The van der Waals surface area contributed by atoms with E-state index in [4.69, 9.17) is 0 Å². The molecule has 1 aromatic rings. The number of amides is 1. The number of likely N-dealkylation sites (tertiary alicyclic amines) is 1. The molecule has 0 aromatic heterocycles. The summed E-state index contributed by atoms with van der Waals surface area (Å²) >= 11 is 0. The van der Waals surface area contributed by atoms with E-state index in [1.807, 2.05) is 6.07 Å². The lowest BCUT2D eigenvalue weighted by molar-refractivity contribution is -0.122. The van der Waals surface area contributed by atoms with Crippen LogP contribution in [0.5, 0.6) is 0 Å². The zero-order valence-corrected chi connectivity index (χ0v) is 14.5. The lowest BCUT2D eigenvalue weighted by atomic mass is 9.96. The van der Waals surface area contributed by atoms with Crippen molar-refractivity contribution in [1.82, 2.24) is 10.2 Å². The lowest BCUT2D eigenvalue weighted by Gasteiger charge is -2.33. The summed E-state index contributed by atoms with van der Waals surface area (Å²) in [5, 5.41) is 3.21. The van der Waals surface area contributed by atoms with Crippen LogP contribution in [0.3, 0.4) is 0 Å². The van der Waals surface area contributed by atoms with Crippen molar-refractivity contribution in [2.24, 2.45) is 17.8 Å². The Morgan fingerprint density at radius 3 is 2.57 bits per heavy atom. The van der Waals surface area contributed by atoms with Crippen molar-refractivity contribution >= 4 is 5.91 Å². The number of carbonyl (C=O) groups is 1. The SMILES string of the molecule is CC(C)CN1CCC(CNC(=O)C2CC2c2ccccc2)CC1. The maximum absolute atomic E-state index is 12.3. The fraction of sp³-hybridized carbons (Fsp3) is 0.650. The average molecular weight is 314 g/mol. The number of benzene rings is 1. The lowest BCUT2D eigenvalue weighted by Crippen LogP contribution is -2.40. The molecule has 126 valence electrons. The molecule has 1 aliphatic heterocycles. The highest BCUT2D eigenvalue weighted by molar-refractivity contribution is 5.82. The molecule has 2 unspecified atom stereocenters. The van der Waals surface area contributed by atoms with Crippen LogP contribution in [0.25, 0.3) is 0 Å². The van der Waals surface area contributed by atoms with Crippen molar-refractivity contribution in [3.05, 3.63) is 35.9 Å². The Bertz CT molecular complexity index is 506. The van der Waals surface area contributed by atoms with Crippen LogP contribution in [-0.4, -0.2) is 37.0 Å². The Morgan fingerprint density at radius 1 is 1.22 bits per heavy atom. The van der Waals surface area contributed by atoms with Gasteiger partial charge in [-0.25, -0.2) is 0 Å². The Hall–Kier alpha value is -1.35. The minimum absolute atomic E-state index is 0.207. The molecule has 1 amide bonds. The van der Waals surface area contributed by atoms with Crippen LogP contribution in [0.4, 0.5) is 0 Å². The second-order valence-electron chi connectivity index (χ2n) is 7.74. The molecule has 23 heavy (non-hydrogen) atoms. The highest BCUT2D eigenvalue weighted by atomic mass is 16.2. The van der Waals surface area contributed by atoms with Gasteiger partial charge in [-0.15, -0.1) is 0 Å². The van der Waals surface area contributed by atoms with Gasteiger partial charge in [-0.05, 0) is 55.7 Å². The molecule has 1 heterocycles. The normalized spacial score (nSPS) is 25.5. The van der Waals surface area contributed by atoms with E-state index in [-0.39, 0.29) is 11.8 Å². The zero-order chi connectivity index (χ0) is 16.2. The highest BCUT2D eigenvalue weighted by Crippen LogP contribution is 2.47. The predicted molar refractivity (Wildman–Crippen MR) is 94.3 cm³/mol. The van der Waals surface area contributed by atoms with Crippen LogP contribution < -0.4 is 5.32 Å². The third-order valence-electron chi connectivity index (χ3n) is 5.25. The standard InChI is InChI=1S/C20H30N2O/c1-15(2)14-22-10-8-16(9-11-22)13-21-20(23)19-12-18(19)17-6-4-3-5-7-17/h3-7,15-16,18-19H,8-14H2,1-2H3,(H,21,23). The molecule has 1 saturated carbocycles. The number of nitrogens with zero attached hydrogens (tertiary/aromatic N) is 1. The van der Waals surface area contributed by atoms with Gasteiger partial charge in [-0.2, -0.15) is 0 Å². The Morgan fingerprint density at radius 2 is 1.91 bits per heavy atom. The topological polar surface area (TPSA) is 32.3 Å². The summed E-state index contributed by atoms with van der Waals surface area (Å²) in [6.07, 6.45) is 3.46. The minimum atomic E-state index is 0.207. The zero-order valence-electron chi connectivity index (χ0n) is 14.5. The second kappa shape index (κ2) is 7.48. The summed E-state index contributed by atoms with van der Waals surface area (Å²) in [5.41, 5.74) is 1.31. The van der Waals surface area contributed by atoms with E-state index in [0.29, 0.717) is 11.8 Å². The summed E-state index contributed by atoms with van der Waals surface area (Å²) < 4.78 is 0. The summed E-state index contributed by atoms with van der Waals surface area (Å²) in [6.45, 7) is 9.02. The van der Waals surface area contributed by atoms with Crippen LogP contribution in [-0.2, 0) is 4.79 Å². The second-order valence-corrected chi connectivity index (χ2v) is 7.74. The van der Waals surface area contributed by atoms with Gasteiger partial charge in [-0.1, -0.05) is 44.2 Å². The summed E-state index contributed by atoms with van der Waals surface area (Å²) in [4.78, 5) is 14.9. The maximum Gasteiger partial charge on any atom is 0.223 e. The van der Waals surface area contributed by atoms with Gasteiger partial charge in [-0.3, -0.25) is 4.79 Å². The summed E-state index contributed by atoms with van der Waals surface area (Å²) in [5.74, 6) is 2.33. The van der Waals surface area contributed by atoms with Crippen molar-refractivity contribution in [3.8, 4) is 0 Å². The first-order valence-electron chi connectivity index (χ1n) is 9.18. The molecule has 3 nitrogen and oxygen atoms in total. The van der Waals surface area contributed by atoms with E-state index in [1.54, 1.807) is 0 Å². The molecule has 1 aromatic carbocycles. The molecule has 0 radical (unpaired) electrons. The van der Waals surface area contributed by atoms with Crippen molar-refractivity contribution in [2.45, 2.75) is 39.0 Å². The Labute approximate surface area is 140 Å². The van der Waals surface area contributed by atoms with Crippen LogP contribution in [0.15, 0.2) is 30.3 Å². The monoisotopic (exact) mass is 314 g/mol. The Balaban J connectivity index is 1.36. The van der Waals surface area contributed by atoms with Gasteiger partial charge in [0.1, 0.15) is 0 Å². The smallest absolute Gasteiger partial charge is 0.223 e. The van der Waals surface area contributed by atoms with Crippen molar-refractivity contribution < 1.29 is 4.79 Å². The molecule has 2 fully saturated rings. The molecular weight excluding hydrogens is 284 g/mol. The quantitative estimate of drug-likeness (QED) is 0.874. The molecule has 1 N–H and O–H groups in total. The predicted octanol–water partition coefficient (Wildman–Crippen LogP) is 3.27. The maximum atomic E-state index is 12.3. The fourth-order valence-electron chi connectivity index (χ4n) is 3.82. The molecule has 1 aliphatic carbocycles. The van der Waals surface area contributed by atoms with Crippen LogP contribution in [0.1, 0.15) is 44.6 Å². The van der Waals surface area contributed by atoms with Gasteiger partial charge in [0.05, 0.1) is 0 Å². The number of hydrogen-bond acceptors (Lipinski definition) is 2. The van der Waals surface area contributed by atoms with Gasteiger partial charge in [0, 0.05) is 19.0 Å². The molecular formula is C20H30N2O. The number of nitrogens with one attached hydrogen (secondary N) is 1. The first-order chi connectivity index (χ1) is 11.1. The van der Waals surface area contributed by atoms with E-state index >= 15 is 0 Å². The van der Waals surface area contributed by atoms with Gasteiger partial charge < -0.3 is 10.2 Å². The van der Waals surface area contributed by atoms with E-state index in [1.165, 1.54) is 38.0 Å². The van der Waals surface area contributed by atoms with Gasteiger partial charge >= 0.3 is 0 Å². The van der Waals surface area contributed by atoms with Crippen molar-refractivity contribution in [2.75, 3.05) is 26.2 Å². The van der Waals surface area contributed by atoms with Gasteiger partial charge in [0.2, 0.25) is 5.91 Å². The average Bonchev–Trinajstić information content (AvgIpc) is 3.35. The minimum Gasteiger partial charge on any atom is -0.356 e. The molecule has 0 spiro atoms. The Kier molecular flexibility index (Phi) is 5.37. The first kappa shape index (κ1) is 16.5. The molecule has 1 saturated heterocycles. The van der Waals surface area contributed by atoms with Crippen LogP contribution in [0.2, 0.25) is 0 Å². The van der Waals surface area contributed by atoms with E-state index in [9.17, 15) is 4.79 Å². The van der Waals surface area contributed by atoms with E-state index in [0.717, 1.165) is 18.9 Å². The number of rotatable bonds is 6. The third-order valence-corrected chi connectivity index (χ3v) is 5.25. The molecule has 3 heteroatoms. The molecule has 0 bridgehead atoms. The van der Waals surface area contributed by atoms with E-state index in [2.05, 4.69) is 48.3 Å². The third kappa shape index (κ3) is 4.57.